The highest BCUT2D eigenvalue weighted by molar-refractivity contribution is 5.68. The zero-order valence-corrected chi connectivity index (χ0v) is 14.9. The second-order valence-electron chi connectivity index (χ2n) is 8.19. The number of likely N-dealkylation sites (tertiary alicyclic amines) is 1. The van der Waals surface area contributed by atoms with E-state index in [1.807, 2.05) is 41.5 Å². The molecule has 1 aliphatic rings. The summed E-state index contributed by atoms with van der Waals surface area (Å²) in [7, 11) is 0. The standard InChI is InChI=1S/C16H28N4O3/c1-15(2,3)13-18-12(23-19-13)10-9-20(8-7-11(10)17)14(21)22-16(4,5)6/h10-11H,7-9,17H2,1-6H3/t10-,11-/m1/s1. The van der Waals surface area contributed by atoms with Crippen LogP contribution in [0.3, 0.4) is 0 Å². The Kier molecular flexibility index (Phi) is 4.71. The van der Waals surface area contributed by atoms with Crippen LogP contribution in [0.4, 0.5) is 4.79 Å². The molecule has 130 valence electrons. The predicted octanol–water partition coefficient (Wildman–Crippen LogP) is 2.42. The number of piperidine rings is 1. The summed E-state index contributed by atoms with van der Waals surface area (Å²) in [6.45, 7) is 12.6. The van der Waals surface area contributed by atoms with E-state index in [1.54, 1.807) is 4.90 Å². The summed E-state index contributed by atoms with van der Waals surface area (Å²) in [6, 6.07) is -0.109. The van der Waals surface area contributed by atoms with Crippen molar-refractivity contribution in [2.45, 2.75) is 70.9 Å². The van der Waals surface area contributed by atoms with Crippen LogP contribution in [0, 0.1) is 0 Å². The van der Waals surface area contributed by atoms with Crippen molar-refractivity contribution in [2.24, 2.45) is 5.73 Å². The van der Waals surface area contributed by atoms with Gasteiger partial charge in [-0.2, -0.15) is 4.98 Å². The fourth-order valence-electron chi connectivity index (χ4n) is 2.41. The van der Waals surface area contributed by atoms with Crippen LogP contribution in [0.25, 0.3) is 0 Å². The molecule has 1 saturated heterocycles. The minimum Gasteiger partial charge on any atom is -0.444 e. The first-order valence-corrected chi connectivity index (χ1v) is 8.05. The number of ether oxygens (including phenoxy) is 1. The molecule has 2 atom stereocenters. The molecular formula is C16H28N4O3. The Labute approximate surface area is 137 Å². The first kappa shape index (κ1) is 17.7. The van der Waals surface area contributed by atoms with Gasteiger partial charge in [-0.3, -0.25) is 0 Å². The van der Waals surface area contributed by atoms with Gasteiger partial charge in [-0.1, -0.05) is 25.9 Å². The molecule has 0 radical (unpaired) electrons. The Morgan fingerprint density at radius 3 is 2.48 bits per heavy atom. The molecule has 23 heavy (non-hydrogen) atoms. The molecule has 1 amide bonds. The smallest absolute Gasteiger partial charge is 0.410 e. The molecule has 1 fully saturated rings. The van der Waals surface area contributed by atoms with E-state index in [1.165, 1.54) is 0 Å². The molecule has 7 heteroatoms. The summed E-state index contributed by atoms with van der Waals surface area (Å²) in [4.78, 5) is 18.4. The minimum absolute atomic E-state index is 0.109. The number of amides is 1. The Morgan fingerprint density at radius 2 is 1.96 bits per heavy atom. The van der Waals surface area contributed by atoms with E-state index < -0.39 is 5.60 Å². The van der Waals surface area contributed by atoms with Gasteiger partial charge in [0, 0.05) is 24.5 Å². The largest absolute Gasteiger partial charge is 0.444 e. The van der Waals surface area contributed by atoms with Crippen molar-refractivity contribution in [3.05, 3.63) is 11.7 Å². The maximum Gasteiger partial charge on any atom is 0.410 e. The molecule has 1 aliphatic heterocycles. The Hall–Kier alpha value is -1.63. The van der Waals surface area contributed by atoms with E-state index in [0.717, 1.165) is 0 Å². The molecule has 7 nitrogen and oxygen atoms in total. The first-order chi connectivity index (χ1) is 10.5. The SMILES string of the molecule is CC(C)(C)OC(=O)N1CC[C@@H](N)[C@H](c2nc(C(C)(C)C)no2)C1. The molecule has 0 spiro atoms. The summed E-state index contributed by atoms with van der Waals surface area (Å²) in [5, 5.41) is 4.05. The maximum atomic E-state index is 12.3. The van der Waals surface area contributed by atoms with Crippen molar-refractivity contribution in [3.8, 4) is 0 Å². The van der Waals surface area contributed by atoms with E-state index in [4.69, 9.17) is 15.0 Å². The number of nitrogens with zero attached hydrogens (tertiary/aromatic N) is 3. The lowest BCUT2D eigenvalue weighted by Gasteiger charge is -2.35. The van der Waals surface area contributed by atoms with Gasteiger partial charge < -0.3 is 19.9 Å². The average molecular weight is 324 g/mol. The Balaban J connectivity index is 2.12. The zero-order valence-electron chi connectivity index (χ0n) is 14.9. The van der Waals surface area contributed by atoms with Gasteiger partial charge in [0.25, 0.3) is 0 Å². The molecule has 1 aromatic heterocycles. The highest BCUT2D eigenvalue weighted by Gasteiger charge is 2.36. The van der Waals surface area contributed by atoms with Crippen LogP contribution in [0.5, 0.6) is 0 Å². The van der Waals surface area contributed by atoms with Gasteiger partial charge in [0.2, 0.25) is 5.89 Å². The Morgan fingerprint density at radius 1 is 1.30 bits per heavy atom. The maximum absolute atomic E-state index is 12.3. The molecule has 2 N–H and O–H groups in total. The summed E-state index contributed by atoms with van der Waals surface area (Å²) >= 11 is 0. The van der Waals surface area contributed by atoms with Crippen LogP contribution in [0.1, 0.15) is 65.6 Å². The number of hydrogen-bond acceptors (Lipinski definition) is 6. The summed E-state index contributed by atoms with van der Waals surface area (Å²) < 4.78 is 10.8. The molecule has 0 unspecified atom stereocenters. The number of hydrogen-bond donors (Lipinski definition) is 1. The fraction of sp³-hybridized carbons (Fsp3) is 0.812. The van der Waals surface area contributed by atoms with Crippen molar-refractivity contribution in [1.29, 1.82) is 0 Å². The van der Waals surface area contributed by atoms with Gasteiger partial charge >= 0.3 is 6.09 Å². The molecule has 0 saturated carbocycles. The Bertz CT molecular complexity index is 556. The van der Waals surface area contributed by atoms with Crippen molar-refractivity contribution >= 4 is 6.09 Å². The van der Waals surface area contributed by atoms with Crippen LogP contribution >= 0.6 is 0 Å². The summed E-state index contributed by atoms with van der Waals surface area (Å²) in [6.07, 6.45) is 0.349. The molecule has 2 rings (SSSR count). The highest BCUT2D eigenvalue weighted by Crippen LogP contribution is 2.28. The molecule has 2 heterocycles. The lowest BCUT2D eigenvalue weighted by Crippen LogP contribution is -2.49. The molecule has 1 aromatic rings. The first-order valence-electron chi connectivity index (χ1n) is 8.05. The lowest BCUT2D eigenvalue weighted by molar-refractivity contribution is 0.0175. The van der Waals surface area contributed by atoms with Crippen LogP contribution in [-0.2, 0) is 10.2 Å². The van der Waals surface area contributed by atoms with Crippen LogP contribution < -0.4 is 5.73 Å². The third kappa shape index (κ3) is 4.43. The monoisotopic (exact) mass is 324 g/mol. The quantitative estimate of drug-likeness (QED) is 0.852. The van der Waals surface area contributed by atoms with Crippen LogP contribution in [0.2, 0.25) is 0 Å². The van der Waals surface area contributed by atoms with Crippen LogP contribution in [-0.4, -0.2) is 45.9 Å². The number of carbonyl (C=O) groups is 1. The third-order valence-corrected chi connectivity index (χ3v) is 3.75. The summed E-state index contributed by atoms with van der Waals surface area (Å²) in [5.74, 6) is 0.977. The number of rotatable bonds is 1. The van der Waals surface area contributed by atoms with E-state index in [9.17, 15) is 4.79 Å². The van der Waals surface area contributed by atoms with Crippen molar-refractivity contribution < 1.29 is 14.1 Å². The van der Waals surface area contributed by atoms with E-state index in [0.29, 0.717) is 31.2 Å². The normalized spacial score (nSPS) is 23.0. The minimum atomic E-state index is -0.518. The van der Waals surface area contributed by atoms with Gasteiger partial charge in [-0.15, -0.1) is 0 Å². The van der Waals surface area contributed by atoms with Gasteiger partial charge in [0.1, 0.15) is 5.60 Å². The van der Waals surface area contributed by atoms with Crippen molar-refractivity contribution in [1.82, 2.24) is 15.0 Å². The fourth-order valence-corrected chi connectivity index (χ4v) is 2.41. The second kappa shape index (κ2) is 6.11. The number of aromatic nitrogens is 2. The third-order valence-electron chi connectivity index (χ3n) is 3.75. The zero-order chi connectivity index (χ0) is 17.4. The van der Waals surface area contributed by atoms with E-state index >= 15 is 0 Å². The molecular weight excluding hydrogens is 296 g/mol. The summed E-state index contributed by atoms with van der Waals surface area (Å²) in [5.41, 5.74) is 5.51. The molecule has 0 bridgehead atoms. The predicted molar refractivity (Wildman–Crippen MR) is 86.1 cm³/mol. The lowest BCUT2D eigenvalue weighted by atomic mass is 9.92. The average Bonchev–Trinajstić information content (AvgIpc) is 2.86. The van der Waals surface area contributed by atoms with Gasteiger partial charge in [0.05, 0.1) is 5.92 Å². The van der Waals surface area contributed by atoms with E-state index in [2.05, 4.69) is 10.1 Å². The van der Waals surface area contributed by atoms with Crippen molar-refractivity contribution in [3.63, 3.8) is 0 Å². The molecule has 0 aliphatic carbocycles. The number of nitrogens with two attached hydrogens (primary N) is 1. The topological polar surface area (TPSA) is 94.5 Å². The van der Waals surface area contributed by atoms with Gasteiger partial charge in [-0.05, 0) is 27.2 Å². The van der Waals surface area contributed by atoms with E-state index in [-0.39, 0.29) is 23.5 Å². The highest BCUT2D eigenvalue weighted by atomic mass is 16.6. The van der Waals surface area contributed by atoms with Crippen molar-refractivity contribution in [2.75, 3.05) is 13.1 Å². The molecule has 0 aromatic carbocycles. The second-order valence-corrected chi connectivity index (χ2v) is 8.19. The van der Waals surface area contributed by atoms with Gasteiger partial charge in [-0.25, -0.2) is 4.79 Å². The van der Waals surface area contributed by atoms with Gasteiger partial charge in [0.15, 0.2) is 5.82 Å². The van der Waals surface area contributed by atoms with Crippen LogP contribution in [0.15, 0.2) is 4.52 Å². The number of carbonyl (C=O) groups excluding carboxylic acids is 1.